The van der Waals surface area contributed by atoms with E-state index in [4.69, 9.17) is 14.2 Å². The molecule has 316 valence electrons. The first kappa shape index (κ1) is 43.2. The highest BCUT2D eigenvalue weighted by Crippen LogP contribution is 2.47. The third kappa shape index (κ3) is 10.1. The Hall–Kier alpha value is -4.42. The van der Waals surface area contributed by atoms with Crippen molar-refractivity contribution in [2.75, 3.05) is 0 Å². The van der Waals surface area contributed by atoms with E-state index in [-0.39, 0.29) is 12.2 Å². The van der Waals surface area contributed by atoms with Crippen molar-refractivity contribution < 1.29 is 14.2 Å². The second kappa shape index (κ2) is 20.2. The molecule has 0 spiro atoms. The summed E-state index contributed by atoms with van der Waals surface area (Å²) in [6, 6.07) is 57.0. The van der Waals surface area contributed by atoms with Crippen LogP contribution in [0.4, 0.5) is 0 Å². The Kier molecular flexibility index (Phi) is 14.3. The van der Waals surface area contributed by atoms with Crippen LogP contribution in [0.25, 0.3) is 0 Å². The van der Waals surface area contributed by atoms with E-state index in [0.717, 1.165) is 46.4 Å². The summed E-state index contributed by atoms with van der Waals surface area (Å²) in [5.41, 5.74) is 0. The van der Waals surface area contributed by atoms with E-state index in [1.165, 1.54) is 46.9 Å². The van der Waals surface area contributed by atoms with Gasteiger partial charge in [-0.15, -0.1) is 0 Å². The fourth-order valence-corrected chi connectivity index (χ4v) is 14.8. The lowest BCUT2D eigenvalue weighted by Gasteiger charge is -2.38. The summed E-state index contributed by atoms with van der Waals surface area (Å²) in [5, 5.41) is 7.31. The normalized spacial score (nSPS) is 21.8. The van der Waals surface area contributed by atoms with Crippen molar-refractivity contribution in [1.29, 1.82) is 0 Å². The van der Waals surface area contributed by atoms with Crippen LogP contribution in [0, 0.1) is 35.5 Å². The minimum atomic E-state index is -1.08. The van der Waals surface area contributed by atoms with Crippen LogP contribution < -0.4 is 46.0 Å². The van der Waals surface area contributed by atoms with E-state index in [0.29, 0.717) is 35.5 Å². The Labute approximate surface area is 368 Å². The summed E-state index contributed by atoms with van der Waals surface area (Å²) in [5.74, 6) is 6.83. The largest absolute Gasteiger partial charge is 0.489 e. The first-order valence-corrected chi connectivity index (χ1v) is 25.5. The maximum atomic E-state index is 7.61. The van der Waals surface area contributed by atoms with Gasteiger partial charge in [0.1, 0.15) is 35.2 Å². The average molecular weight is 847 g/mol. The molecular formula is C56H64O3P2. The third-order valence-corrected chi connectivity index (χ3v) is 18.2. The molecule has 0 aromatic heterocycles. The molecule has 3 nitrogen and oxygen atoms in total. The first-order chi connectivity index (χ1) is 29.7. The molecule has 2 fully saturated rings. The van der Waals surface area contributed by atoms with Gasteiger partial charge in [-0.05, 0) is 123 Å². The zero-order valence-corrected chi connectivity index (χ0v) is 38.8. The molecule has 8 rings (SSSR count). The number of ether oxygens (including phenoxy) is 3. The standard InChI is InChI=1S/C56H64O3P2/c1-39(2)47-35-33-41(5)37-53(47)58-51-31-19-29-49(55(51)60(43-21-11-7-12-22-43)44-23-13-8-14-24-44)57-50-30-20-32-52(59-54-38-42(6)34-36-48(54)40(3)4)56(50)61(45-25-15-9-16-26-45)46-27-17-10-18-28-46/h7-32,39-42,47-48,53-54H,33-38H2,1-6H3/t41-,42-,47+,48+,53-,54-/m1/s1. The first-order valence-electron chi connectivity index (χ1n) is 22.8. The van der Waals surface area contributed by atoms with Gasteiger partial charge in [-0.3, -0.25) is 0 Å². The highest BCUT2D eigenvalue weighted by atomic mass is 31.1. The molecule has 0 bridgehead atoms. The van der Waals surface area contributed by atoms with Crippen molar-refractivity contribution in [2.24, 2.45) is 35.5 Å². The van der Waals surface area contributed by atoms with E-state index in [2.05, 4.69) is 199 Å². The highest BCUT2D eigenvalue weighted by Gasteiger charge is 2.37. The zero-order valence-electron chi connectivity index (χ0n) is 37.0. The van der Waals surface area contributed by atoms with E-state index < -0.39 is 15.8 Å². The highest BCUT2D eigenvalue weighted by molar-refractivity contribution is 7.80. The molecular weight excluding hydrogens is 783 g/mol. The summed E-state index contributed by atoms with van der Waals surface area (Å²) in [6.45, 7) is 14.2. The predicted molar refractivity (Wildman–Crippen MR) is 262 cm³/mol. The maximum absolute atomic E-state index is 7.61. The topological polar surface area (TPSA) is 27.7 Å². The van der Waals surface area contributed by atoms with Crippen LogP contribution in [-0.4, -0.2) is 12.2 Å². The van der Waals surface area contributed by atoms with Gasteiger partial charge < -0.3 is 14.2 Å². The van der Waals surface area contributed by atoms with E-state index in [9.17, 15) is 0 Å². The van der Waals surface area contributed by atoms with Crippen molar-refractivity contribution >= 4 is 47.7 Å². The summed E-state index contributed by atoms with van der Waals surface area (Å²) in [7, 11) is -2.16. The van der Waals surface area contributed by atoms with Crippen LogP contribution in [-0.2, 0) is 0 Å². The second-order valence-electron chi connectivity index (χ2n) is 18.3. The van der Waals surface area contributed by atoms with E-state index >= 15 is 0 Å². The van der Waals surface area contributed by atoms with Gasteiger partial charge in [0, 0.05) is 0 Å². The Morgan fingerprint density at radius 3 is 1.02 bits per heavy atom. The van der Waals surface area contributed by atoms with Crippen LogP contribution in [0.5, 0.6) is 23.0 Å². The molecule has 0 N–H and O–H groups in total. The van der Waals surface area contributed by atoms with Crippen LogP contribution in [0.2, 0.25) is 0 Å². The second-order valence-corrected chi connectivity index (χ2v) is 22.6. The molecule has 61 heavy (non-hydrogen) atoms. The molecule has 6 aromatic rings. The zero-order chi connectivity index (χ0) is 42.3. The SMILES string of the molecule is CC(C)[C@@H]1CC[C@@H](C)C[C@H]1Oc1cccc(Oc2cccc(O[C@@H]3C[C@H](C)CC[C@H]3C(C)C)c2P(c2ccccc2)c2ccccc2)c1P(c1ccccc1)c1ccccc1. The van der Waals surface area contributed by atoms with Crippen LogP contribution in [0.1, 0.15) is 80.1 Å². The van der Waals surface area contributed by atoms with Gasteiger partial charge in [0.15, 0.2) is 0 Å². The molecule has 0 radical (unpaired) electrons. The van der Waals surface area contributed by atoms with Gasteiger partial charge in [0.25, 0.3) is 0 Å². The van der Waals surface area contributed by atoms with Gasteiger partial charge in [0.05, 0.1) is 10.6 Å². The lowest BCUT2D eigenvalue weighted by molar-refractivity contribution is 0.0467. The molecule has 2 aliphatic rings. The fourth-order valence-electron chi connectivity index (χ4n) is 9.87. The lowest BCUT2D eigenvalue weighted by atomic mass is 9.75. The Morgan fingerprint density at radius 2 is 0.705 bits per heavy atom. The van der Waals surface area contributed by atoms with Gasteiger partial charge in [-0.25, -0.2) is 0 Å². The molecule has 0 unspecified atom stereocenters. The number of hydrogen-bond donors (Lipinski definition) is 0. The molecule has 6 aromatic carbocycles. The van der Waals surface area contributed by atoms with Crippen molar-refractivity contribution in [3.05, 3.63) is 158 Å². The summed E-state index contributed by atoms with van der Waals surface area (Å²) in [6.07, 6.45) is 7.26. The van der Waals surface area contributed by atoms with Gasteiger partial charge >= 0.3 is 0 Å². The van der Waals surface area contributed by atoms with Gasteiger partial charge in [0.2, 0.25) is 0 Å². The summed E-state index contributed by atoms with van der Waals surface area (Å²) < 4.78 is 22.5. The third-order valence-electron chi connectivity index (χ3n) is 13.1. The quantitative estimate of drug-likeness (QED) is 0.102. The van der Waals surface area contributed by atoms with Crippen molar-refractivity contribution in [3.8, 4) is 23.0 Å². The fraction of sp³-hybridized carbons (Fsp3) is 0.357. The molecule has 0 saturated heterocycles. The maximum Gasteiger partial charge on any atom is 0.139 e. The minimum Gasteiger partial charge on any atom is -0.489 e. The van der Waals surface area contributed by atoms with Crippen molar-refractivity contribution in [3.63, 3.8) is 0 Å². The van der Waals surface area contributed by atoms with Crippen molar-refractivity contribution in [2.45, 2.75) is 92.3 Å². The van der Waals surface area contributed by atoms with Crippen LogP contribution in [0.3, 0.4) is 0 Å². The average Bonchev–Trinajstić information content (AvgIpc) is 3.27. The lowest BCUT2D eigenvalue weighted by Crippen LogP contribution is -2.38. The van der Waals surface area contributed by atoms with Gasteiger partial charge in [-0.1, -0.05) is 188 Å². The summed E-state index contributed by atoms with van der Waals surface area (Å²) >= 11 is 0. The minimum absolute atomic E-state index is 0.129. The Morgan fingerprint density at radius 1 is 0.393 bits per heavy atom. The number of hydrogen-bond acceptors (Lipinski definition) is 3. The predicted octanol–water partition coefficient (Wildman–Crippen LogP) is 12.7. The smallest absolute Gasteiger partial charge is 0.139 e. The molecule has 0 aliphatic heterocycles. The molecule has 5 heteroatoms. The number of benzene rings is 6. The molecule has 6 atom stereocenters. The molecule has 2 aliphatic carbocycles. The van der Waals surface area contributed by atoms with Crippen molar-refractivity contribution in [1.82, 2.24) is 0 Å². The van der Waals surface area contributed by atoms with Crippen LogP contribution >= 0.6 is 15.8 Å². The monoisotopic (exact) mass is 846 g/mol. The van der Waals surface area contributed by atoms with Crippen LogP contribution in [0.15, 0.2) is 158 Å². The molecule has 0 amide bonds. The van der Waals surface area contributed by atoms with E-state index in [1.807, 2.05) is 0 Å². The molecule has 2 saturated carbocycles. The summed E-state index contributed by atoms with van der Waals surface area (Å²) in [4.78, 5) is 0. The Balaban J connectivity index is 1.34. The van der Waals surface area contributed by atoms with E-state index in [1.54, 1.807) is 0 Å². The van der Waals surface area contributed by atoms with Gasteiger partial charge in [-0.2, -0.15) is 0 Å². The Bertz CT molecular complexity index is 2040. The number of rotatable bonds is 14. The molecule has 0 heterocycles.